The molecule has 10 heavy (non-hydrogen) atoms. The lowest BCUT2D eigenvalue weighted by molar-refractivity contribution is 0.579. The van der Waals surface area contributed by atoms with Crippen LogP contribution in [0.2, 0.25) is 0 Å². The fourth-order valence-corrected chi connectivity index (χ4v) is 1.65. The first-order valence-electron chi connectivity index (χ1n) is 2.74. The number of hydrogen-bond donors (Lipinski definition) is 2. The van der Waals surface area contributed by atoms with E-state index in [1.807, 2.05) is 0 Å². The summed E-state index contributed by atoms with van der Waals surface area (Å²) in [6.45, 7) is 0.159. The van der Waals surface area contributed by atoms with Crippen LogP contribution in [0.1, 0.15) is 12.8 Å². The van der Waals surface area contributed by atoms with Crippen molar-refractivity contribution in [3.63, 3.8) is 0 Å². The van der Waals surface area contributed by atoms with Crippen molar-refractivity contribution in [3.05, 3.63) is 0 Å². The van der Waals surface area contributed by atoms with Crippen LogP contribution in [0.25, 0.3) is 0 Å². The van der Waals surface area contributed by atoms with Gasteiger partial charge in [0.15, 0.2) is 0 Å². The molecule has 6 heteroatoms. The van der Waals surface area contributed by atoms with E-state index in [0.29, 0.717) is 12.8 Å². The predicted octanol–water partition coefficient (Wildman–Crippen LogP) is -0.812. The molecule has 0 unspecified atom stereocenters. The van der Waals surface area contributed by atoms with Crippen molar-refractivity contribution in [2.75, 3.05) is 6.54 Å². The molecule has 1 aliphatic carbocycles. The van der Waals surface area contributed by atoms with Crippen LogP contribution in [-0.2, 0) is 10.0 Å². The monoisotopic (exact) mass is 186 g/mol. The molecule has 1 aliphatic rings. The van der Waals surface area contributed by atoms with Crippen LogP contribution in [0.3, 0.4) is 0 Å². The van der Waals surface area contributed by atoms with Gasteiger partial charge in [-0.05, 0) is 12.8 Å². The quantitative estimate of drug-likeness (QED) is 0.592. The van der Waals surface area contributed by atoms with Gasteiger partial charge in [0.05, 0.1) is 4.75 Å². The third kappa shape index (κ3) is 1.42. The normalized spacial score (nSPS) is 21.4. The molecule has 0 bridgehead atoms. The van der Waals surface area contributed by atoms with E-state index in [2.05, 4.69) is 0 Å². The smallest absolute Gasteiger partial charge is 0.216 e. The molecule has 0 aromatic rings. The maximum atomic E-state index is 10.6. The second kappa shape index (κ2) is 2.65. The Labute approximate surface area is 66.4 Å². The summed E-state index contributed by atoms with van der Waals surface area (Å²) in [6.07, 6.45) is 1.25. The zero-order chi connectivity index (χ0) is 7.12. The van der Waals surface area contributed by atoms with Crippen molar-refractivity contribution < 1.29 is 8.42 Å². The van der Waals surface area contributed by atoms with E-state index in [1.165, 1.54) is 0 Å². The second-order valence-corrected chi connectivity index (χ2v) is 4.39. The predicted molar refractivity (Wildman–Crippen MR) is 41.4 cm³/mol. The zero-order valence-electron chi connectivity index (χ0n) is 5.41. The summed E-state index contributed by atoms with van der Waals surface area (Å²) in [7, 11) is -3.37. The lowest BCUT2D eigenvalue weighted by Crippen LogP contribution is -2.36. The van der Waals surface area contributed by atoms with Gasteiger partial charge in [0.1, 0.15) is 0 Å². The Hall–Kier alpha value is 0.160. The summed E-state index contributed by atoms with van der Waals surface area (Å²) in [5.74, 6) is 0. The van der Waals surface area contributed by atoms with Crippen molar-refractivity contribution >= 4 is 22.4 Å². The Morgan fingerprint density at radius 3 is 1.80 bits per heavy atom. The van der Waals surface area contributed by atoms with E-state index in [1.54, 1.807) is 0 Å². The molecule has 0 heterocycles. The molecule has 0 saturated heterocycles. The molecule has 0 atom stereocenters. The number of sulfonamides is 1. The second-order valence-electron chi connectivity index (χ2n) is 2.43. The molecule has 0 radical (unpaired) electrons. The summed E-state index contributed by atoms with van der Waals surface area (Å²) in [5, 5.41) is 4.88. The SMILES string of the molecule is Cl.NCC1(S(N)(=O)=O)CC1. The van der Waals surface area contributed by atoms with Gasteiger partial charge in [0.2, 0.25) is 10.0 Å². The van der Waals surface area contributed by atoms with Crippen LogP contribution in [0, 0.1) is 0 Å². The summed E-state index contributed by atoms with van der Waals surface area (Å²) in [4.78, 5) is 0. The first kappa shape index (κ1) is 10.2. The highest BCUT2D eigenvalue weighted by Crippen LogP contribution is 2.40. The largest absolute Gasteiger partial charge is 0.329 e. The first-order valence-corrected chi connectivity index (χ1v) is 4.29. The molecule has 1 rings (SSSR count). The summed E-state index contributed by atoms with van der Waals surface area (Å²) in [6, 6.07) is 0. The van der Waals surface area contributed by atoms with E-state index in [9.17, 15) is 8.42 Å². The highest BCUT2D eigenvalue weighted by molar-refractivity contribution is 7.90. The summed E-state index contributed by atoms with van der Waals surface area (Å²) < 4.78 is 20.5. The van der Waals surface area contributed by atoms with Crippen LogP contribution >= 0.6 is 12.4 Å². The molecular formula is C4H11ClN2O2S. The molecule has 0 aliphatic heterocycles. The third-order valence-electron chi connectivity index (χ3n) is 1.78. The van der Waals surface area contributed by atoms with E-state index >= 15 is 0 Å². The van der Waals surface area contributed by atoms with E-state index < -0.39 is 14.8 Å². The highest BCUT2D eigenvalue weighted by Gasteiger charge is 2.51. The standard InChI is InChI=1S/C4H10N2O2S.ClH/c5-3-4(1-2-4)9(6,7)8;/h1-3,5H2,(H2,6,7,8);1H. The Morgan fingerprint density at radius 1 is 1.40 bits per heavy atom. The molecule has 4 N–H and O–H groups in total. The van der Waals surface area contributed by atoms with E-state index in [-0.39, 0.29) is 19.0 Å². The van der Waals surface area contributed by atoms with Crippen LogP contribution < -0.4 is 10.9 Å². The van der Waals surface area contributed by atoms with Gasteiger partial charge >= 0.3 is 0 Å². The van der Waals surface area contributed by atoms with Crippen LogP contribution in [0.15, 0.2) is 0 Å². The van der Waals surface area contributed by atoms with Gasteiger partial charge < -0.3 is 5.73 Å². The van der Waals surface area contributed by atoms with Gasteiger partial charge in [0, 0.05) is 6.54 Å². The minimum atomic E-state index is -3.37. The molecule has 0 aromatic carbocycles. The molecule has 0 aromatic heterocycles. The van der Waals surface area contributed by atoms with Crippen LogP contribution in [0.5, 0.6) is 0 Å². The van der Waals surface area contributed by atoms with E-state index in [4.69, 9.17) is 10.9 Å². The minimum Gasteiger partial charge on any atom is -0.329 e. The van der Waals surface area contributed by atoms with Gasteiger partial charge in [-0.2, -0.15) is 0 Å². The molecule has 1 fully saturated rings. The minimum absolute atomic E-state index is 0. The van der Waals surface area contributed by atoms with Gasteiger partial charge in [-0.1, -0.05) is 0 Å². The van der Waals surface area contributed by atoms with Gasteiger partial charge in [-0.15, -0.1) is 12.4 Å². The summed E-state index contributed by atoms with van der Waals surface area (Å²) in [5.41, 5.74) is 5.20. The zero-order valence-corrected chi connectivity index (χ0v) is 7.04. The number of rotatable bonds is 2. The fraction of sp³-hybridized carbons (Fsp3) is 1.00. The Bertz CT molecular complexity index is 209. The maximum Gasteiger partial charge on any atom is 0.216 e. The van der Waals surface area contributed by atoms with Gasteiger partial charge in [-0.25, -0.2) is 13.6 Å². The molecule has 4 nitrogen and oxygen atoms in total. The lowest BCUT2D eigenvalue weighted by atomic mass is 10.4. The lowest BCUT2D eigenvalue weighted by Gasteiger charge is -2.06. The fourth-order valence-electron chi connectivity index (χ4n) is 0.744. The average Bonchev–Trinajstić information content (AvgIpc) is 2.40. The molecule has 1 saturated carbocycles. The Balaban J connectivity index is 0.000000810. The molecule has 0 spiro atoms. The number of hydrogen-bond acceptors (Lipinski definition) is 3. The van der Waals surface area contributed by atoms with Gasteiger partial charge in [-0.3, -0.25) is 0 Å². The van der Waals surface area contributed by atoms with Crippen molar-refractivity contribution in [3.8, 4) is 0 Å². The Kier molecular flexibility index (Phi) is 2.70. The number of halogens is 1. The highest BCUT2D eigenvalue weighted by atomic mass is 35.5. The maximum absolute atomic E-state index is 10.6. The molecule has 62 valence electrons. The third-order valence-corrected chi connectivity index (χ3v) is 3.57. The first-order chi connectivity index (χ1) is 4.02. The van der Waals surface area contributed by atoms with E-state index in [0.717, 1.165) is 0 Å². The average molecular weight is 187 g/mol. The van der Waals surface area contributed by atoms with Crippen molar-refractivity contribution in [2.45, 2.75) is 17.6 Å². The molecular weight excluding hydrogens is 176 g/mol. The van der Waals surface area contributed by atoms with Crippen LogP contribution in [0.4, 0.5) is 0 Å². The topological polar surface area (TPSA) is 86.2 Å². The van der Waals surface area contributed by atoms with Gasteiger partial charge in [0.25, 0.3) is 0 Å². The van der Waals surface area contributed by atoms with Crippen LogP contribution in [-0.4, -0.2) is 19.7 Å². The number of primary sulfonamides is 1. The van der Waals surface area contributed by atoms with Crippen molar-refractivity contribution in [1.29, 1.82) is 0 Å². The summed E-state index contributed by atoms with van der Waals surface area (Å²) >= 11 is 0. The number of nitrogens with two attached hydrogens (primary N) is 2. The molecule has 0 amide bonds. The van der Waals surface area contributed by atoms with Crippen molar-refractivity contribution in [2.24, 2.45) is 10.9 Å². The Morgan fingerprint density at radius 2 is 1.80 bits per heavy atom. The van der Waals surface area contributed by atoms with Crippen molar-refractivity contribution in [1.82, 2.24) is 0 Å².